The van der Waals surface area contributed by atoms with Gasteiger partial charge in [-0.25, -0.2) is 16.3 Å². The van der Waals surface area contributed by atoms with Crippen LogP contribution >= 0.6 is 0 Å². The molecule has 0 bridgehead atoms. The lowest BCUT2D eigenvalue weighted by Crippen LogP contribution is -2.41. The molecule has 1 aliphatic heterocycles. The van der Waals surface area contributed by atoms with Crippen LogP contribution in [0, 0.1) is 0 Å². The van der Waals surface area contributed by atoms with E-state index in [9.17, 15) is 4.79 Å². The number of para-hydroxylation sites is 1. The highest BCUT2D eigenvalue weighted by Crippen LogP contribution is 2.36. The molecule has 0 aromatic heterocycles. The first kappa shape index (κ1) is 20.5. The summed E-state index contributed by atoms with van der Waals surface area (Å²) in [6, 6.07) is 16.1. The van der Waals surface area contributed by atoms with Gasteiger partial charge < -0.3 is 9.47 Å². The van der Waals surface area contributed by atoms with Crippen molar-refractivity contribution < 1.29 is 14.3 Å². The fourth-order valence-corrected chi connectivity index (χ4v) is 4.76. The van der Waals surface area contributed by atoms with E-state index in [1.165, 1.54) is 27.5 Å². The van der Waals surface area contributed by atoms with E-state index in [-0.39, 0.29) is 18.0 Å². The molecule has 2 unspecified atom stereocenters. The molecule has 3 aromatic rings. The van der Waals surface area contributed by atoms with Gasteiger partial charge in [0.25, 0.3) is 5.91 Å². The number of methoxy groups -OCH3 is 2. The zero-order valence-corrected chi connectivity index (χ0v) is 18.1. The molecule has 0 saturated carbocycles. The van der Waals surface area contributed by atoms with Gasteiger partial charge in [0.05, 0.1) is 20.4 Å². The Morgan fingerprint density at radius 2 is 1.84 bits per heavy atom. The van der Waals surface area contributed by atoms with Gasteiger partial charge in [-0.3, -0.25) is 4.79 Å². The number of hydrogen-bond acceptors (Lipinski definition) is 6. The smallest absolute Gasteiger partial charge is 0.258 e. The first-order valence-electron chi connectivity index (χ1n) is 10.8. The van der Waals surface area contributed by atoms with Crippen LogP contribution < -0.4 is 25.8 Å². The second kappa shape index (κ2) is 8.61. The maximum Gasteiger partial charge on any atom is 0.258 e. The lowest BCUT2D eigenvalue weighted by molar-refractivity contribution is -0.122. The Kier molecular flexibility index (Phi) is 5.51. The minimum atomic E-state index is -0.382. The number of carbonyl (C=O) groups excluding carboxylic acids is 1. The predicted molar refractivity (Wildman–Crippen MR) is 124 cm³/mol. The summed E-state index contributed by atoms with van der Waals surface area (Å²) in [5, 5.41) is 6.79. The van der Waals surface area contributed by atoms with E-state index in [2.05, 4.69) is 51.7 Å². The summed E-state index contributed by atoms with van der Waals surface area (Å²) in [4.78, 5) is 12.7. The highest BCUT2D eigenvalue weighted by atomic mass is 16.5. The third kappa shape index (κ3) is 3.59. The van der Waals surface area contributed by atoms with Gasteiger partial charge in [-0.1, -0.05) is 36.4 Å². The molecular formula is C25H26N4O3. The quantitative estimate of drug-likeness (QED) is 0.414. The summed E-state index contributed by atoms with van der Waals surface area (Å²) in [6.07, 6.45) is 4.41. The van der Waals surface area contributed by atoms with Crippen LogP contribution in [-0.4, -0.2) is 32.4 Å². The number of nitrogens with one attached hydrogen (secondary N) is 3. The van der Waals surface area contributed by atoms with Crippen LogP contribution in [0.2, 0.25) is 0 Å². The zero-order chi connectivity index (χ0) is 22.1. The number of hydrogen-bond donors (Lipinski definition) is 3. The van der Waals surface area contributed by atoms with Crippen molar-refractivity contribution in [3.63, 3.8) is 0 Å². The number of rotatable bonds is 6. The van der Waals surface area contributed by atoms with Crippen LogP contribution in [0.25, 0.3) is 10.8 Å². The molecule has 3 N–H and O–H groups in total. The van der Waals surface area contributed by atoms with Crippen LogP contribution in [0.3, 0.4) is 0 Å². The summed E-state index contributed by atoms with van der Waals surface area (Å²) in [5.74, 6) is 0.988. The number of aryl methyl sites for hydroxylation is 2. The molecular weight excluding hydrogens is 404 g/mol. The number of carbonyl (C=O) groups is 1. The molecule has 5 rings (SSSR count). The van der Waals surface area contributed by atoms with Gasteiger partial charge in [0, 0.05) is 11.6 Å². The van der Waals surface area contributed by atoms with Crippen LogP contribution in [0.15, 0.2) is 53.6 Å². The fourth-order valence-electron chi connectivity index (χ4n) is 4.76. The SMILES string of the molecule is COc1cccc(/C=N/NC(=O)C2CC(c3ccc4c5c(cccc35)CC4)NN2)c1OC. The van der Waals surface area contributed by atoms with E-state index in [1.807, 2.05) is 18.2 Å². The maximum atomic E-state index is 12.7. The normalized spacial score (nSPS) is 19.6. The van der Waals surface area contributed by atoms with E-state index in [4.69, 9.17) is 9.47 Å². The molecule has 164 valence electrons. The second-order valence-electron chi connectivity index (χ2n) is 8.10. The standard InChI is InChI=1S/C25H26N4O3/c1-31-22-8-4-6-17(24(22)32-2)14-26-29-25(30)21-13-20(27-28-21)18-12-11-16-10-9-15-5-3-7-19(18)23(15)16/h3-8,11-12,14,20-21,27-28H,9-10,13H2,1-2H3,(H,29,30)/b26-14+. The van der Waals surface area contributed by atoms with Gasteiger partial charge in [0.15, 0.2) is 11.5 Å². The summed E-state index contributed by atoms with van der Waals surface area (Å²) in [7, 11) is 3.15. The maximum absolute atomic E-state index is 12.7. The molecule has 2 aliphatic rings. The molecule has 2 atom stereocenters. The van der Waals surface area contributed by atoms with Crippen LogP contribution in [0.1, 0.15) is 34.7 Å². The van der Waals surface area contributed by atoms with Crippen molar-refractivity contribution in [3.05, 3.63) is 70.8 Å². The highest BCUT2D eigenvalue weighted by molar-refractivity contribution is 5.94. The van der Waals surface area contributed by atoms with Crippen LogP contribution in [-0.2, 0) is 17.6 Å². The van der Waals surface area contributed by atoms with E-state index < -0.39 is 0 Å². The van der Waals surface area contributed by atoms with Gasteiger partial charge in [-0.15, -0.1) is 0 Å². The van der Waals surface area contributed by atoms with E-state index in [0.29, 0.717) is 17.9 Å². The van der Waals surface area contributed by atoms with Crippen LogP contribution in [0.4, 0.5) is 0 Å². The van der Waals surface area contributed by atoms with E-state index in [0.717, 1.165) is 18.4 Å². The van der Waals surface area contributed by atoms with Crippen molar-refractivity contribution >= 4 is 22.9 Å². The molecule has 7 heteroatoms. The lowest BCUT2D eigenvalue weighted by Gasteiger charge is -2.14. The molecule has 1 amide bonds. The number of hydrazone groups is 1. The Morgan fingerprint density at radius 3 is 2.66 bits per heavy atom. The summed E-state index contributed by atoms with van der Waals surface area (Å²) >= 11 is 0. The van der Waals surface area contributed by atoms with Gasteiger partial charge in [-0.2, -0.15) is 5.10 Å². The lowest BCUT2D eigenvalue weighted by atomic mass is 9.93. The first-order valence-corrected chi connectivity index (χ1v) is 10.8. The third-order valence-corrected chi connectivity index (χ3v) is 6.32. The molecule has 0 spiro atoms. The zero-order valence-electron chi connectivity index (χ0n) is 18.1. The molecule has 1 fully saturated rings. The molecule has 1 saturated heterocycles. The van der Waals surface area contributed by atoms with Crippen LogP contribution in [0.5, 0.6) is 11.5 Å². The summed E-state index contributed by atoms with van der Waals surface area (Å²) in [5.41, 5.74) is 13.8. The van der Waals surface area contributed by atoms with E-state index in [1.54, 1.807) is 20.4 Å². The Morgan fingerprint density at radius 1 is 1.03 bits per heavy atom. The molecule has 1 heterocycles. The summed E-state index contributed by atoms with van der Waals surface area (Å²) in [6.45, 7) is 0. The minimum absolute atomic E-state index is 0.0538. The number of amides is 1. The van der Waals surface area contributed by atoms with Gasteiger partial charge in [0.1, 0.15) is 6.04 Å². The van der Waals surface area contributed by atoms with Crippen molar-refractivity contribution in [1.29, 1.82) is 0 Å². The van der Waals surface area contributed by atoms with Crippen molar-refractivity contribution in [1.82, 2.24) is 16.3 Å². The molecule has 32 heavy (non-hydrogen) atoms. The minimum Gasteiger partial charge on any atom is -0.493 e. The average Bonchev–Trinajstić information content (AvgIpc) is 3.48. The number of ether oxygens (including phenoxy) is 2. The molecule has 1 aliphatic carbocycles. The largest absolute Gasteiger partial charge is 0.493 e. The first-order chi connectivity index (χ1) is 15.7. The monoisotopic (exact) mass is 430 g/mol. The van der Waals surface area contributed by atoms with Gasteiger partial charge in [-0.05, 0) is 58.9 Å². The Hall–Kier alpha value is -3.42. The number of nitrogens with zero attached hydrogens (tertiary/aromatic N) is 1. The summed E-state index contributed by atoms with van der Waals surface area (Å²) < 4.78 is 10.7. The topological polar surface area (TPSA) is 84.0 Å². The van der Waals surface area contributed by atoms with Gasteiger partial charge in [0.2, 0.25) is 0 Å². The molecule has 3 aromatic carbocycles. The van der Waals surface area contributed by atoms with Crippen molar-refractivity contribution in [2.45, 2.75) is 31.3 Å². The van der Waals surface area contributed by atoms with Crippen molar-refractivity contribution in [3.8, 4) is 11.5 Å². The molecule has 7 nitrogen and oxygen atoms in total. The Labute approximate surface area is 186 Å². The number of hydrazine groups is 1. The van der Waals surface area contributed by atoms with Crippen molar-refractivity contribution in [2.24, 2.45) is 5.10 Å². The predicted octanol–water partition coefficient (Wildman–Crippen LogP) is 3.01. The average molecular weight is 431 g/mol. The Bertz CT molecular complexity index is 1200. The van der Waals surface area contributed by atoms with E-state index >= 15 is 0 Å². The highest BCUT2D eigenvalue weighted by Gasteiger charge is 2.31. The number of benzene rings is 3. The van der Waals surface area contributed by atoms with Crippen molar-refractivity contribution in [2.75, 3.05) is 14.2 Å². The second-order valence-corrected chi connectivity index (χ2v) is 8.10. The molecule has 0 radical (unpaired) electrons. The Balaban J connectivity index is 1.27. The van der Waals surface area contributed by atoms with Gasteiger partial charge >= 0.3 is 0 Å². The fraction of sp³-hybridized carbons (Fsp3) is 0.280. The third-order valence-electron chi connectivity index (χ3n) is 6.32.